The lowest BCUT2D eigenvalue weighted by atomic mass is 10.1. The number of fused-ring (bicyclic) bond motifs is 1. The lowest BCUT2D eigenvalue weighted by Crippen LogP contribution is -2.50. The number of hydrogen-bond acceptors (Lipinski definition) is 5. The first-order chi connectivity index (χ1) is 14.2. The molecule has 164 valence electrons. The molecule has 2 aromatic rings. The molecule has 0 saturated carbocycles. The number of benzene rings is 1. The normalized spacial score (nSPS) is 23.2. The smallest absolute Gasteiger partial charge is 0.378 e. The van der Waals surface area contributed by atoms with Crippen molar-refractivity contribution in [2.45, 2.75) is 31.4 Å². The third-order valence-corrected chi connectivity index (χ3v) is 5.57. The van der Waals surface area contributed by atoms with Crippen LogP contribution in [0, 0.1) is 0 Å². The van der Waals surface area contributed by atoms with E-state index < -0.39 is 24.0 Å². The Hall–Kier alpha value is -2.40. The van der Waals surface area contributed by atoms with E-state index in [1.165, 1.54) is 10.6 Å². The molecule has 7 nitrogen and oxygen atoms in total. The van der Waals surface area contributed by atoms with Gasteiger partial charge in [0.1, 0.15) is 12.7 Å². The lowest BCUT2D eigenvalue weighted by Gasteiger charge is -2.34. The van der Waals surface area contributed by atoms with Gasteiger partial charge in [-0.2, -0.15) is 13.2 Å². The molecule has 2 fully saturated rings. The van der Waals surface area contributed by atoms with Crippen molar-refractivity contribution in [1.29, 1.82) is 0 Å². The molecule has 1 amide bonds. The van der Waals surface area contributed by atoms with Gasteiger partial charge in [0.25, 0.3) is 0 Å². The Labute approximate surface area is 170 Å². The molecule has 30 heavy (non-hydrogen) atoms. The molecule has 2 aliphatic rings. The van der Waals surface area contributed by atoms with E-state index in [4.69, 9.17) is 10.5 Å². The minimum absolute atomic E-state index is 0.169. The fraction of sp³-hybridized carbons (Fsp3) is 0.579. The molecule has 3 heterocycles. The third kappa shape index (κ3) is 4.08. The Balaban J connectivity index is 1.73. The first-order valence-electron chi connectivity index (χ1n) is 9.81. The first kappa shape index (κ1) is 20.9. The summed E-state index contributed by atoms with van der Waals surface area (Å²) in [4.78, 5) is 20.7. The van der Waals surface area contributed by atoms with Gasteiger partial charge in [-0.15, -0.1) is 0 Å². The van der Waals surface area contributed by atoms with Gasteiger partial charge in [0.2, 0.25) is 11.9 Å². The predicted molar refractivity (Wildman–Crippen MR) is 102 cm³/mol. The maximum absolute atomic E-state index is 13.8. The molecule has 0 aliphatic carbocycles. The van der Waals surface area contributed by atoms with Crippen LogP contribution in [0.3, 0.4) is 0 Å². The highest BCUT2D eigenvalue weighted by Crippen LogP contribution is 2.33. The number of alkyl halides is 4. The summed E-state index contributed by atoms with van der Waals surface area (Å²) >= 11 is 0. The second-order valence-corrected chi connectivity index (χ2v) is 7.61. The number of morpholine rings is 1. The number of nitrogens with two attached hydrogens (primary N) is 1. The van der Waals surface area contributed by atoms with Crippen LogP contribution in [-0.4, -0.2) is 72.0 Å². The van der Waals surface area contributed by atoms with E-state index in [0.717, 1.165) is 12.1 Å². The highest BCUT2D eigenvalue weighted by Gasteiger charge is 2.33. The number of rotatable bonds is 3. The number of piperidine rings is 1. The zero-order valence-electron chi connectivity index (χ0n) is 16.2. The van der Waals surface area contributed by atoms with Crippen LogP contribution >= 0.6 is 0 Å². The second kappa shape index (κ2) is 8.03. The van der Waals surface area contributed by atoms with Gasteiger partial charge >= 0.3 is 6.18 Å². The van der Waals surface area contributed by atoms with Crippen LogP contribution in [-0.2, 0) is 22.3 Å². The zero-order chi connectivity index (χ0) is 21.5. The largest absolute Gasteiger partial charge is 0.416 e. The van der Waals surface area contributed by atoms with E-state index in [1.54, 1.807) is 9.80 Å². The van der Waals surface area contributed by atoms with Crippen molar-refractivity contribution >= 4 is 22.9 Å². The number of hydrogen-bond donors (Lipinski definition) is 1. The molecule has 0 bridgehead atoms. The van der Waals surface area contributed by atoms with Crippen LogP contribution < -0.4 is 10.6 Å². The Morgan fingerprint density at radius 1 is 1.23 bits per heavy atom. The third-order valence-electron chi connectivity index (χ3n) is 5.57. The van der Waals surface area contributed by atoms with E-state index in [9.17, 15) is 22.4 Å². The molecule has 0 spiro atoms. The number of ether oxygens (including phenoxy) is 1. The van der Waals surface area contributed by atoms with Gasteiger partial charge < -0.3 is 24.8 Å². The van der Waals surface area contributed by atoms with Gasteiger partial charge in [-0.1, -0.05) is 0 Å². The topological polar surface area (TPSA) is 76.6 Å². The average molecular weight is 429 g/mol. The van der Waals surface area contributed by atoms with Crippen LogP contribution in [0.1, 0.15) is 12.0 Å². The van der Waals surface area contributed by atoms with Gasteiger partial charge in [-0.3, -0.25) is 4.79 Å². The van der Waals surface area contributed by atoms with Crippen molar-refractivity contribution in [2.75, 3.05) is 44.3 Å². The van der Waals surface area contributed by atoms with Crippen molar-refractivity contribution in [3.05, 3.63) is 23.8 Å². The molecule has 2 aliphatic heterocycles. The van der Waals surface area contributed by atoms with E-state index in [2.05, 4.69) is 4.98 Å². The van der Waals surface area contributed by atoms with E-state index in [-0.39, 0.29) is 30.9 Å². The summed E-state index contributed by atoms with van der Waals surface area (Å²) < 4.78 is 60.4. The molecule has 0 radical (unpaired) electrons. The summed E-state index contributed by atoms with van der Waals surface area (Å²) in [6.07, 6.45) is -5.48. The second-order valence-electron chi connectivity index (χ2n) is 7.61. The highest BCUT2D eigenvalue weighted by molar-refractivity contribution is 5.84. The maximum Gasteiger partial charge on any atom is 0.416 e. The lowest BCUT2D eigenvalue weighted by molar-refractivity contribution is -0.137. The zero-order valence-corrected chi connectivity index (χ0v) is 16.2. The molecular formula is C19H23F4N5O2. The minimum atomic E-state index is -4.52. The number of imidazole rings is 1. The molecule has 1 aromatic carbocycles. The molecule has 11 heteroatoms. The number of nitrogens with zero attached hydrogens (tertiary/aromatic N) is 4. The average Bonchev–Trinajstić information content (AvgIpc) is 3.08. The molecule has 1 aromatic heterocycles. The Morgan fingerprint density at radius 2 is 1.97 bits per heavy atom. The number of amides is 1. The number of anilines is 1. The Kier molecular flexibility index (Phi) is 5.58. The fourth-order valence-electron chi connectivity index (χ4n) is 3.87. The maximum atomic E-state index is 13.8. The van der Waals surface area contributed by atoms with Crippen LogP contribution in [0.25, 0.3) is 11.0 Å². The minimum Gasteiger partial charge on any atom is -0.378 e. The van der Waals surface area contributed by atoms with Crippen LogP contribution in [0.4, 0.5) is 23.5 Å². The highest BCUT2D eigenvalue weighted by atomic mass is 19.4. The Bertz CT molecular complexity index is 926. The first-order valence-corrected chi connectivity index (χ1v) is 9.81. The van der Waals surface area contributed by atoms with Crippen molar-refractivity contribution in [2.24, 2.45) is 5.73 Å². The van der Waals surface area contributed by atoms with Crippen LogP contribution in [0.5, 0.6) is 0 Å². The quantitative estimate of drug-likeness (QED) is 0.753. The van der Waals surface area contributed by atoms with Crippen molar-refractivity contribution in [3.63, 3.8) is 0 Å². The van der Waals surface area contributed by atoms with Gasteiger partial charge in [0.15, 0.2) is 0 Å². The van der Waals surface area contributed by atoms with Gasteiger partial charge in [-0.25, -0.2) is 9.37 Å². The van der Waals surface area contributed by atoms with Crippen LogP contribution in [0.15, 0.2) is 18.2 Å². The van der Waals surface area contributed by atoms with Gasteiger partial charge in [0.05, 0.1) is 35.9 Å². The fourth-order valence-corrected chi connectivity index (χ4v) is 3.87. The summed E-state index contributed by atoms with van der Waals surface area (Å²) in [6, 6.07) is 2.53. The number of aromatic nitrogens is 2. The molecule has 2 atom stereocenters. The number of carbonyl (C=O) groups is 1. The monoisotopic (exact) mass is 429 g/mol. The van der Waals surface area contributed by atoms with E-state index >= 15 is 0 Å². The van der Waals surface area contributed by atoms with Crippen molar-refractivity contribution in [1.82, 2.24) is 14.5 Å². The number of halogens is 4. The predicted octanol–water partition coefficient (Wildman–Crippen LogP) is 1.79. The van der Waals surface area contributed by atoms with E-state index in [0.29, 0.717) is 44.3 Å². The van der Waals surface area contributed by atoms with E-state index in [1.807, 2.05) is 0 Å². The van der Waals surface area contributed by atoms with Crippen molar-refractivity contribution < 1.29 is 27.1 Å². The molecule has 4 rings (SSSR count). The molecule has 2 saturated heterocycles. The Morgan fingerprint density at radius 3 is 2.63 bits per heavy atom. The van der Waals surface area contributed by atoms with Crippen molar-refractivity contribution in [3.8, 4) is 0 Å². The standard InChI is InChI=1S/C19H23F4N5O2/c20-13-3-4-27(10-14(13)24)18-25-15-2-1-12(19(21,22)23)9-16(15)28(18)11-17(29)26-5-7-30-8-6-26/h1-2,9,13-14H,3-8,10-11,24H2/t13-,14+/m0/s1. The number of carbonyl (C=O) groups excluding carboxylic acids is 1. The SMILES string of the molecule is N[C@@H]1CN(c2nc3ccc(C(F)(F)F)cc3n2CC(=O)N2CCOCC2)CC[C@@H]1F. The van der Waals surface area contributed by atoms with Crippen LogP contribution in [0.2, 0.25) is 0 Å². The summed E-state index contributed by atoms with van der Waals surface area (Å²) in [6.45, 7) is 2.00. The summed E-state index contributed by atoms with van der Waals surface area (Å²) in [5, 5.41) is 0. The summed E-state index contributed by atoms with van der Waals surface area (Å²) in [5.74, 6) is 0.0919. The summed E-state index contributed by atoms with van der Waals surface area (Å²) in [7, 11) is 0. The molecular weight excluding hydrogens is 406 g/mol. The van der Waals surface area contributed by atoms with Gasteiger partial charge in [-0.05, 0) is 24.6 Å². The van der Waals surface area contributed by atoms with Gasteiger partial charge in [0, 0.05) is 26.2 Å². The molecule has 2 N–H and O–H groups in total. The summed E-state index contributed by atoms with van der Waals surface area (Å²) in [5.41, 5.74) is 5.58. The molecule has 0 unspecified atom stereocenters.